The standard InChI is InChI=1S/C28H28F2N4O3/c29-23-2-1-3-24(30)22(23)15-31-28(37)25-16-34-17-33(13-12-26(34)32-25)21-10-8-20(9-11-21)19-6-4-18(5-7-19)14-27(35)36/h1-3,8-13,16,18-19H,4-7,14-15,17H2,(H,31,37)(H,35,36)/p+1. The molecule has 2 heterocycles. The Labute approximate surface area is 213 Å². The third-order valence-corrected chi connectivity index (χ3v) is 7.36. The first-order chi connectivity index (χ1) is 17.9. The number of hydrogen-bond acceptors (Lipinski definition) is 4. The average Bonchev–Trinajstić information content (AvgIpc) is 3.32. The van der Waals surface area contributed by atoms with Crippen molar-refractivity contribution >= 4 is 23.4 Å². The van der Waals surface area contributed by atoms with Crippen LogP contribution in [0, 0.1) is 17.6 Å². The van der Waals surface area contributed by atoms with Crippen LogP contribution in [0.2, 0.25) is 0 Å². The zero-order valence-electron chi connectivity index (χ0n) is 20.3. The van der Waals surface area contributed by atoms with Crippen molar-refractivity contribution < 1.29 is 28.4 Å². The smallest absolute Gasteiger partial charge is 0.303 e. The molecule has 1 amide bonds. The van der Waals surface area contributed by atoms with Crippen molar-refractivity contribution in [1.82, 2.24) is 5.32 Å². The van der Waals surface area contributed by atoms with Gasteiger partial charge < -0.3 is 10.4 Å². The Balaban J connectivity index is 1.17. The van der Waals surface area contributed by atoms with E-state index in [-0.39, 0.29) is 30.1 Å². The summed E-state index contributed by atoms with van der Waals surface area (Å²) >= 11 is 0. The fourth-order valence-electron chi connectivity index (χ4n) is 5.28. The van der Waals surface area contributed by atoms with Crippen molar-refractivity contribution in [3.05, 3.63) is 89.4 Å². The zero-order chi connectivity index (χ0) is 25.9. The highest BCUT2D eigenvalue weighted by Crippen LogP contribution is 2.37. The van der Waals surface area contributed by atoms with Gasteiger partial charge in [-0.15, -0.1) is 0 Å². The maximum Gasteiger partial charge on any atom is 0.303 e. The molecule has 37 heavy (non-hydrogen) atoms. The fourth-order valence-corrected chi connectivity index (χ4v) is 5.28. The molecule has 2 aliphatic heterocycles. The molecule has 192 valence electrons. The number of rotatable bonds is 7. The summed E-state index contributed by atoms with van der Waals surface area (Å²) in [4.78, 5) is 30.9. The molecule has 1 unspecified atom stereocenters. The van der Waals surface area contributed by atoms with Gasteiger partial charge in [0, 0.05) is 36.5 Å². The molecule has 0 radical (unpaired) electrons. The number of nitrogens with one attached hydrogen (secondary N) is 2. The lowest BCUT2D eigenvalue weighted by molar-refractivity contribution is -0.742. The summed E-state index contributed by atoms with van der Waals surface area (Å²) in [6, 6.07) is 12.0. The van der Waals surface area contributed by atoms with Crippen LogP contribution in [0.3, 0.4) is 0 Å². The van der Waals surface area contributed by atoms with E-state index in [4.69, 9.17) is 5.11 Å². The number of hydrogen-bond donors (Lipinski definition) is 3. The number of carbonyl (C=O) groups is 2. The molecule has 1 atom stereocenters. The average molecular weight is 508 g/mol. The number of anilines is 1. The Bertz CT molecular complexity index is 1260. The lowest BCUT2D eigenvalue weighted by Crippen LogP contribution is -3.11. The van der Waals surface area contributed by atoms with Gasteiger partial charge >= 0.3 is 5.97 Å². The summed E-state index contributed by atoms with van der Waals surface area (Å²) in [7, 11) is 0. The summed E-state index contributed by atoms with van der Waals surface area (Å²) in [5.74, 6) is -1.16. The maximum atomic E-state index is 13.8. The highest BCUT2D eigenvalue weighted by atomic mass is 19.1. The third kappa shape index (κ3) is 5.61. The molecule has 2 aromatic carbocycles. The normalized spacial score (nSPS) is 22.8. The number of halogens is 2. The maximum absolute atomic E-state index is 13.8. The van der Waals surface area contributed by atoms with Crippen molar-refractivity contribution in [3.63, 3.8) is 0 Å². The Hall–Kier alpha value is -3.85. The molecule has 0 spiro atoms. The van der Waals surface area contributed by atoms with Crippen LogP contribution in [0.1, 0.15) is 49.1 Å². The van der Waals surface area contributed by atoms with Crippen LogP contribution in [-0.2, 0) is 16.1 Å². The molecule has 1 saturated carbocycles. The third-order valence-electron chi connectivity index (χ3n) is 7.36. The first-order valence-electron chi connectivity index (χ1n) is 12.5. The molecule has 1 aliphatic carbocycles. The second-order valence-corrected chi connectivity index (χ2v) is 9.79. The number of carbonyl (C=O) groups excluding carboxylic acids is 1. The van der Waals surface area contributed by atoms with Gasteiger partial charge in [0.15, 0.2) is 12.4 Å². The molecule has 3 N–H and O–H groups in total. The van der Waals surface area contributed by atoms with Crippen molar-refractivity contribution in [2.24, 2.45) is 10.9 Å². The van der Waals surface area contributed by atoms with E-state index in [1.165, 1.54) is 11.6 Å². The number of fused-ring (bicyclic) bond motifs is 1. The van der Waals surface area contributed by atoms with E-state index in [9.17, 15) is 18.4 Å². The van der Waals surface area contributed by atoms with Gasteiger partial charge in [-0.2, -0.15) is 4.99 Å². The zero-order valence-corrected chi connectivity index (χ0v) is 20.3. The van der Waals surface area contributed by atoms with Crippen LogP contribution in [0.4, 0.5) is 14.5 Å². The lowest BCUT2D eigenvalue weighted by atomic mass is 9.77. The number of quaternary nitrogens is 1. The van der Waals surface area contributed by atoms with Crippen LogP contribution in [-0.4, -0.2) is 29.5 Å². The number of amides is 1. The molecule has 9 heteroatoms. The van der Waals surface area contributed by atoms with E-state index >= 15 is 0 Å². The molecule has 5 rings (SSSR count). The SMILES string of the molecule is O=C(O)CC1CCC(c2ccc(N3C=CC4=NC(C(=O)NCc5c(F)cccc5F)=C[NH+]4C3)cc2)CC1. The number of amidine groups is 1. The summed E-state index contributed by atoms with van der Waals surface area (Å²) in [5, 5.41) is 11.6. The van der Waals surface area contributed by atoms with Gasteiger partial charge in [-0.3, -0.25) is 14.5 Å². The van der Waals surface area contributed by atoms with E-state index in [1.54, 1.807) is 6.20 Å². The second kappa shape index (κ2) is 10.6. The number of benzene rings is 2. The Morgan fingerprint density at radius 2 is 1.76 bits per heavy atom. The van der Waals surface area contributed by atoms with E-state index in [0.717, 1.165) is 48.4 Å². The van der Waals surface area contributed by atoms with Gasteiger partial charge in [-0.25, -0.2) is 13.7 Å². The first-order valence-corrected chi connectivity index (χ1v) is 12.5. The highest BCUT2D eigenvalue weighted by molar-refractivity contribution is 5.99. The quantitative estimate of drug-likeness (QED) is 0.536. The number of aliphatic imine (C=N–C) groups is 1. The van der Waals surface area contributed by atoms with Crippen molar-refractivity contribution in [1.29, 1.82) is 0 Å². The number of carboxylic acids is 1. The molecule has 1 fully saturated rings. The highest BCUT2D eigenvalue weighted by Gasteiger charge is 2.30. The molecular formula is C28H29F2N4O3+. The Morgan fingerprint density at radius 1 is 1.05 bits per heavy atom. The predicted molar refractivity (Wildman–Crippen MR) is 135 cm³/mol. The van der Waals surface area contributed by atoms with E-state index < -0.39 is 23.5 Å². The van der Waals surface area contributed by atoms with E-state index in [1.807, 2.05) is 12.3 Å². The van der Waals surface area contributed by atoms with E-state index in [0.29, 0.717) is 18.4 Å². The molecule has 0 aromatic heterocycles. The Morgan fingerprint density at radius 3 is 2.43 bits per heavy atom. The largest absolute Gasteiger partial charge is 0.481 e. The first kappa shape index (κ1) is 24.8. The summed E-state index contributed by atoms with van der Waals surface area (Å²) in [5.41, 5.74) is 2.32. The summed E-state index contributed by atoms with van der Waals surface area (Å²) in [6.45, 7) is 0.290. The van der Waals surface area contributed by atoms with Crippen LogP contribution in [0.5, 0.6) is 0 Å². The fraction of sp³-hybridized carbons (Fsp3) is 0.321. The number of aliphatic carboxylic acids is 1. The second-order valence-electron chi connectivity index (χ2n) is 9.79. The van der Waals surface area contributed by atoms with Crippen molar-refractivity contribution in [2.75, 3.05) is 11.6 Å². The molecule has 7 nitrogen and oxygen atoms in total. The van der Waals surface area contributed by atoms with Gasteiger partial charge in [0.25, 0.3) is 5.91 Å². The predicted octanol–water partition coefficient (Wildman–Crippen LogP) is 3.46. The van der Waals surface area contributed by atoms with Gasteiger partial charge in [0.1, 0.15) is 17.8 Å². The number of nitrogens with zero attached hydrogens (tertiary/aromatic N) is 2. The number of carboxylic acid groups (broad SMARTS) is 1. The van der Waals surface area contributed by atoms with E-state index in [2.05, 4.69) is 39.5 Å². The van der Waals surface area contributed by atoms with Crippen LogP contribution in [0.15, 0.2) is 71.6 Å². The Kier molecular flexibility index (Phi) is 7.14. The molecule has 0 bridgehead atoms. The monoisotopic (exact) mass is 507 g/mol. The van der Waals surface area contributed by atoms with Gasteiger partial charge in [-0.05, 0) is 67.3 Å². The summed E-state index contributed by atoms with van der Waals surface area (Å²) < 4.78 is 27.7. The van der Waals surface area contributed by atoms with Crippen LogP contribution >= 0.6 is 0 Å². The van der Waals surface area contributed by atoms with Gasteiger partial charge in [0.2, 0.25) is 5.84 Å². The molecule has 2 aromatic rings. The molecule has 3 aliphatic rings. The van der Waals surface area contributed by atoms with Crippen molar-refractivity contribution in [2.45, 2.75) is 44.6 Å². The summed E-state index contributed by atoms with van der Waals surface area (Å²) in [6.07, 6.45) is 9.68. The molecule has 0 saturated heterocycles. The van der Waals surface area contributed by atoms with Crippen LogP contribution in [0.25, 0.3) is 0 Å². The van der Waals surface area contributed by atoms with Gasteiger partial charge in [0.05, 0.1) is 0 Å². The van der Waals surface area contributed by atoms with Gasteiger partial charge in [-0.1, -0.05) is 18.2 Å². The topological polar surface area (TPSA) is 86.4 Å². The van der Waals surface area contributed by atoms with Crippen molar-refractivity contribution in [3.8, 4) is 0 Å². The minimum atomic E-state index is -0.712. The lowest BCUT2D eigenvalue weighted by Gasteiger charge is -2.29. The molecular weight excluding hydrogens is 478 g/mol. The van der Waals surface area contributed by atoms with Crippen LogP contribution < -0.4 is 15.1 Å². The minimum Gasteiger partial charge on any atom is -0.481 e. The minimum absolute atomic E-state index is 0.185.